The van der Waals surface area contributed by atoms with E-state index in [0.29, 0.717) is 4.68 Å². The number of benzene rings is 2. The zero-order valence-electron chi connectivity index (χ0n) is 16.3. The number of para-hydroxylation sites is 1. The van der Waals surface area contributed by atoms with Crippen molar-refractivity contribution >= 4 is 5.91 Å². The van der Waals surface area contributed by atoms with Crippen LogP contribution in [0.2, 0.25) is 0 Å². The van der Waals surface area contributed by atoms with Crippen LogP contribution in [0.15, 0.2) is 53.3 Å². The van der Waals surface area contributed by atoms with Crippen LogP contribution in [0.1, 0.15) is 40.0 Å². The lowest BCUT2D eigenvalue weighted by Crippen LogP contribution is -2.29. The van der Waals surface area contributed by atoms with E-state index in [2.05, 4.69) is 5.10 Å². The van der Waals surface area contributed by atoms with Crippen molar-refractivity contribution in [3.8, 4) is 5.69 Å². The first-order valence-electron chi connectivity index (χ1n) is 9.14. The van der Waals surface area contributed by atoms with Gasteiger partial charge in [-0.05, 0) is 23.3 Å². The Morgan fingerprint density at radius 3 is 2.42 bits per heavy atom. The molecule has 0 aliphatic carbocycles. The second kappa shape index (κ2) is 8.31. The molecule has 31 heavy (non-hydrogen) atoms. The Hall–Kier alpha value is -3.53. The minimum Gasteiger partial charge on any atom is -0.364 e. The van der Waals surface area contributed by atoms with E-state index in [1.807, 2.05) is 0 Å². The standard InChI is InChI=1S/C21H18F4N4O2/c1-11(12-5-4-6-14(18(12)23)21(24,25)10-26)13-9-17(30)29(28-19(13)20(27)31)16-8-3-2-7-15(16)22/h2-9,11H,10,26H2,1H3,(H2,27,31). The Bertz CT molecular complexity index is 1210. The summed E-state index contributed by atoms with van der Waals surface area (Å²) in [5, 5.41) is 3.87. The third kappa shape index (κ3) is 4.06. The van der Waals surface area contributed by atoms with Crippen molar-refractivity contribution in [1.29, 1.82) is 0 Å². The van der Waals surface area contributed by atoms with Gasteiger partial charge < -0.3 is 11.5 Å². The van der Waals surface area contributed by atoms with Gasteiger partial charge in [-0.2, -0.15) is 18.6 Å². The number of aromatic nitrogens is 2. The van der Waals surface area contributed by atoms with Crippen LogP contribution in [-0.2, 0) is 5.92 Å². The van der Waals surface area contributed by atoms with Gasteiger partial charge in [0.05, 0.1) is 12.1 Å². The number of hydrogen-bond donors (Lipinski definition) is 2. The van der Waals surface area contributed by atoms with Gasteiger partial charge in [0.15, 0.2) is 5.69 Å². The fraction of sp³-hybridized carbons (Fsp3) is 0.190. The van der Waals surface area contributed by atoms with Crippen LogP contribution >= 0.6 is 0 Å². The molecule has 1 amide bonds. The largest absolute Gasteiger partial charge is 0.364 e. The zero-order chi connectivity index (χ0) is 22.9. The van der Waals surface area contributed by atoms with Gasteiger partial charge in [-0.15, -0.1) is 0 Å². The van der Waals surface area contributed by atoms with Crippen LogP contribution in [0.5, 0.6) is 0 Å². The molecule has 0 saturated carbocycles. The van der Waals surface area contributed by atoms with E-state index < -0.39 is 52.7 Å². The number of hydrogen-bond acceptors (Lipinski definition) is 4. The molecule has 1 heterocycles. The molecule has 0 fully saturated rings. The number of nitrogens with zero attached hydrogens (tertiary/aromatic N) is 2. The predicted octanol–water partition coefficient (Wildman–Crippen LogP) is 2.81. The highest BCUT2D eigenvalue weighted by atomic mass is 19.3. The Kier molecular flexibility index (Phi) is 5.94. The lowest BCUT2D eigenvalue weighted by molar-refractivity contribution is 0.00220. The molecule has 1 unspecified atom stereocenters. The number of nitrogens with two attached hydrogens (primary N) is 2. The Morgan fingerprint density at radius 2 is 1.81 bits per heavy atom. The van der Waals surface area contributed by atoms with E-state index in [0.717, 1.165) is 18.2 Å². The van der Waals surface area contributed by atoms with Crippen molar-refractivity contribution < 1.29 is 22.4 Å². The summed E-state index contributed by atoms with van der Waals surface area (Å²) in [5.41, 5.74) is 7.77. The van der Waals surface area contributed by atoms with E-state index in [1.54, 1.807) is 0 Å². The number of carbonyl (C=O) groups excluding carboxylic acids is 1. The molecule has 0 aliphatic heterocycles. The lowest BCUT2D eigenvalue weighted by atomic mass is 9.89. The van der Waals surface area contributed by atoms with Gasteiger partial charge >= 0.3 is 0 Å². The molecule has 4 N–H and O–H groups in total. The van der Waals surface area contributed by atoms with Crippen molar-refractivity contribution in [2.45, 2.75) is 18.8 Å². The second-order valence-corrected chi connectivity index (χ2v) is 6.85. The third-order valence-electron chi connectivity index (χ3n) is 4.89. The number of rotatable bonds is 6. The van der Waals surface area contributed by atoms with E-state index in [-0.39, 0.29) is 16.8 Å². The van der Waals surface area contributed by atoms with Crippen molar-refractivity contribution in [3.63, 3.8) is 0 Å². The van der Waals surface area contributed by atoms with Gasteiger partial charge in [0.25, 0.3) is 17.4 Å². The molecule has 6 nitrogen and oxygen atoms in total. The van der Waals surface area contributed by atoms with E-state index in [1.165, 1.54) is 37.3 Å². The lowest BCUT2D eigenvalue weighted by Gasteiger charge is -2.21. The summed E-state index contributed by atoms with van der Waals surface area (Å²) in [7, 11) is 0. The second-order valence-electron chi connectivity index (χ2n) is 6.85. The molecule has 0 saturated heterocycles. The van der Waals surface area contributed by atoms with E-state index >= 15 is 0 Å². The first-order chi connectivity index (χ1) is 14.6. The number of primary amides is 1. The highest BCUT2D eigenvalue weighted by Crippen LogP contribution is 2.35. The van der Waals surface area contributed by atoms with Gasteiger partial charge in [-0.1, -0.05) is 37.3 Å². The first-order valence-corrected chi connectivity index (χ1v) is 9.14. The molecule has 2 aromatic carbocycles. The van der Waals surface area contributed by atoms with Crippen molar-refractivity contribution in [2.75, 3.05) is 6.54 Å². The molecular weight excluding hydrogens is 416 g/mol. The molecule has 1 atom stereocenters. The van der Waals surface area contributed by atoms with Gasteiger partial charge in [0, 0.05) is 12.0 Å². The van der Waals surface area contributed by atoms with Crippen LogP contribution < -0.4 is 17.0 Å². The molecule has 0 radical (unpaired) electrons. The van der Waals surface area contributed by atoms with Gasteiger partial charge in [-0.3, -0.25) is 9.59 Å². The summed E-state index contributed by atoms with van der Waals surface area (Å²) >= 11 is 0. The Balaban J connectivity index is 2.19. The molecule has 0 spiro atoms. The minimum absolute atomic E-state index is 0.0859. The van der Waals surface area contributed by atoms with Crippen LogP contribution in [-0.4, -0.2) is 22.2 Å². The number of alkyl halides is 2. The summed E-state index contributed by atoms with van der Waals surface area (Å²) in [6.45, 7) is 0.299. The molecule has 3 aromatic rings. The molecule has 10 heteroatoms. The molecule has 162 valence electrons. The summed E-state index contributed by atoms with van der Waals surface area (Å²) < 4.78 is 57.7. The fourth-order valence-electron chi connectivity index (χ4n) is 3.23. The number of amides is 1. The Morgan fingerprint density at radius 1 is 1.13 bits per heavy atom. The van der Waals surface area contributed by atoms with Gasteiger partial charge in [0.2, 0.25) is 0 Å². The summed E-state index contributed by atoms with van der Waals surface area (Å²) in [4.78, 5) is 24.6. The smallest absolute Gasteiger partial charge is 0.288 e. The summed E-state index contributed by atoms with van der Waals surface area (Å²) in [5.74, 6) is -7.71. The molecule has 1 aromatic heterocycles. The number of halogens is 4. The van der Waals surface area contributed by atoms with E-state index in [9.17, 15) is 27.2 Å². The quantitative estimate of drug-likeness (QED) is 0.582. The maximum absolute atomic E-state index is 14.9. The van der Waals surface area contributed by atoms with Crippen molar-refractivity contribution in [2.24, 2.45) is 11.5 Å². The zero-order valence-corrected chi connectivity index (χ0v) is 16.3. The fourth-order valence-corrected chi connectivity index (χ4v) is 3.23. The van der Waals surface area contributed by atoms with Gasteiger partial charge in [-0.25, -0.2) is 8.78 Å². The predicted molar refractivity (Wildman–Crippen MR) is 105 cm³/mol. The molecular formula is C21H18F4N4O2. The van der Waals surface area contributed by atoms with Crippen LogP contribution in [0.4, 0.5) is 17.6 Å². The Labute approximate surface area is 174 Å². The molecule has 3 rings (SSSR count). The number of carbonyl (C=O) groups is 1. The maximum atomic E-state index is 14.9. The van der Waals surface area contributed by atoms with Crippen LogP contribution in [0.3, 0.4) is 0 Å². The third-order valence-corrected chi connectivity index (χ3v) is 4.89. The van der Waals surface area contributed by atoms with Crippen molar-refractivity contribution in [1.82, 2.24) is 9.78 Å². The van der Waals surface area contributed by atoms with Crippen LogP contribution in [0, 0.1) is 11.6 Å². The van der Waals surface area contributed by atoms with Crippen LogP contribution in [0.25, 0.3) is 5.69 Å². The molecule has 0 aliphatic rings. The average molecular weight is 434 g/mol. The average Bonchev–Trinajstić information content (AvgIpc) is 2.73. The normalized spacial score (nSPS) is 12.6. The first kappa shape index (κ1) is 22.2. The summed E-state index contributed by atoms with van der Waals surface area (Å²) in [6.07, 6.45) is 0. The van der Waals surface area contributed by atoms with Crippen molar-refractivity contribution in [3.05, 3.63) is 92.9 Å². The van der Waals surface area contributed by atoms with E-state index in [4.69, 9.17) is 11.5 Å². The SMILES string of the molecule is CC(c1cc(=O)n(-c2ccccc2F)nc1C(N)=O)c1cccc(C(F)(F)CN)c1F. The maximum Gasteiger partial charge on any atom is 0.288 e. The highest BCUT2D eigenvalue weighted by molar-refractivity contribution is 5.92. The summed E-state index contributed by atoms with van der Waals surface area (Å²) in [6, 6.07) is 9.56. The monoisotopic (exact) mass is 434 g/mol. The topological polar surface area (TPSA) is 104 Å². The van der Waals surface area contributed by atoms with Gasteiger partial charge in [0.1, 0.15) is 17.3 Å². The molecule has 0 bridgehead atoms. The highest BCUT2D eigenvalue weighted by Gasteiger charge is 2.35. The minimum atomic E-state index is -3.61.